The van der Waals surface area contributed by atoms with Crippen LogP contribution in [0.1, 0.15) is 32.1 Å². The van der Waals surface area contributed by atoms with Crippen molar-refractivity contribution in [2.75, 3.05) is 19.6 Å². The summed E-state index contributed by atoms with van der Waals surface area (Å²) in [6.45, 7) is 0.845. The summed E-state index contributed by atoms with van der Waals surface area (Å²) in [6.07, 6.45) is 2.62. The van der Waals surface area contributed by atoms with Gasteiger partial charge in [-0.15, -0.1) is 0 Å². The van der Waals surface area contributed by atoms with E-state index in [0.717, 1.165) is 12.8 Å². The summed E-state index contributed by atoms with van der Waals surface area (Å²) in [5.41, 5.74) is 0. The predicted molar refractivity (Wildman–Crippen MR) is 72.2 cm³/mol. The molecule has 116 valence electrons. The summed E-state index contributed by atoms with van der Waals surface area (Å²) in [7, 11) is -3.53. The van der Waals surface area contributed by atoms with Crippen LogP contribution >= 0.6 is 0 Å². The molecule has 0 aromatic heterocycles. The maximum atomic E-state index is 12.1. The molecule has 0 radical (unpaired) electrons. The Morgan fingerprint density at radius 2 is 1.85 bits per heavy atom. The minimum absolute atomic E-state index is 0.191. The molecule has 2 fully saturated rings. The quantitative estimate of drug-likeness (QED) is 0.651. The number of nitrogens with zero attached hydrogens (tertiary/aromatic N) is 1. The average Bonchev–Trinajstić information content (AvgIpc) is 2.82. The van der Waals surface area contributed by atoms with Crippen LogP contribution in [-0.4, -0.2) is 54.6 Å². The fraction of sp³-hybridized carbons (Fsp3) is 0.917. The van der Waals surface area contributed by atoms with Crippen LogP contribution in [0.5, 0.6) is 0 Å². The number of carboxylic acid groups (broad SMARTS) is 1. The molecule has 0 aromatic carbocycles. The maximum absolute atomic E-state index is 12.1. The smallest absolute Gasteiger partial charge is 0.306 e. The molecule has 0 aromatic rings. The lowest BCUT2D eigenvalue weighted by Crippen LogP contribution is -2.46. The number of hydrogen-bond donors (Lipinski definition) is 3. The van der Waals surface area contributed by atoms with Crippen LogP contribution in [0.15, 0.2) is 0 Å². The van der Waals surface area contributed by atoms with E-state index in [-0.39, 0.29) is 25.1 Å². The number of aliphatic carboxylic acids is 1. The highest BCUT2D eigenvalue weighted by Gasteiger charge is 2.32. The lowest BCUT2D eigenvalue weighted by Gasteiger charge is -2.29. The second-order valence-electron chi connectivity index (χ2n) is 5.70. The van der Waals surface area contributed by atoms with Gasteiger partial charge in [-0.05, 0) is 38.0 Å². The Labute approximate surface area is 119 Å². The largest absolute Gasteiger partial charge is 0.481 e. The second kappa shape index (κ2) is 6.38. The lowest BCUT2D eigenvalue weighted by atomic mass is 9.99. The van der Waals surface area contributed by atoms with Crippen LogP contribution in [0.25, 0.3) is 0 Å². The second-order valence-corrected chi connectivity index (χ2v) is 7.45. The van der Waals surface area contributed by atoms with Gasteiger partial charge in [0, 0.05) is 19.6 Å². The van der Waals surface area contributed by atoms with Gasteiger partial charge in [0.15, 0.2) is 0 Å². The van der Waals surface area contributed by atoms with Crippen LogP contribution in [0.4, 0.5) is 0 Å². The molecule has 20 heavy (non-hydrogen) atoms. The molecule has 1 aliphatic heterocycles. The molecule has 2 aliphatic rings. The normalized spacial score (nSPS) is 29.6. The molecule has 0 spiro atoms. The maximum Gasteiger partial charge on any atom is 0.306 e. The third kappa shape index (κ3) is 3.91. The molecule has 1 aliphatic carbocycles. The van der Waals surface area contributed by atoms with Crippen molar-refractivity contribution in [3.05, 3.63) is 0 Å². The van der Waals surface area contributed by atoms with Gasteiger partial charge in [0.05, 0.1) is 12.0 Å². The number of rotatable bonds is 5. The first-order valence-corrected chi connectivity index (χ1v) is 8.48. The summed E-state index contributed by atoms with van der Waals surface area (Å²) in [5, 5.41) is 18.3. The van der Waals surface area contributed by atoms with Crippen LogP contribution in [-0.2, 0) is 15.0 Å². The fourth-order valence-corrected chi connectivity index (χ4v) is 4.21. The Morgan fingerprint density at radius 3 is 2.35 bits per heavy atom. The number of aliphatic hydroxyl groups excluding tert-OH is 1. The highest BCUT2D eigenvalue weighted by molar-refractivity contribution is 7.87. The Balaban J connectivity index is 1.80. The van der Waals surface area contributed by atoms with E-state index in [1.807, 2.05) is 0 Å². The van der Waals surface area contributed by atoms with Gasteiger partial charge < -0.3 is 10.2 Å². The number of carbonyl (C=O) groups is 1. The number of carboxylic acids is 1. The average molecular weight is 306 g/mol. The van der Waals surface area contributed by atoms with Gasteiger partial charge >= 0.3 is 5.97 Å². The highest BCUT2D eigenvalue weighted by Crippen LogP contribution is 2.25. The number of nitrogens with one attached hydrogen (secondary N) is 1. The Bertz CT molecular complexity index is 445. The van der Waals surface area contributed by atoms with E-state index in [1.165, 1.54) is 4.31 Å². The van der Waals surface area contributed by atoms with Crippen LogP contribution in [0.2, 0.25) is 0 Å². The molecule has 3 N–H and O–H groups in total. The zero-order valence-electron chi connectivity index (χ0n) is 11.4. The molecule has 2 unspecified atom stereocenters. The molecule has 7 nitrogen and oxygen atoms in total. The van der Waals surface area contributed by atoms with Crippen molar-refractivity contribution < 1.29 is 23.4 Å². The predicted octanol–water partition coefficient (Wildman–Crippen LogP) is -0.222. The van der Waals surface area contributed by atoms with Crippen molar-refractivity contribution in [2.24, 2.45) is 11.8 Å². The van der Waals surface area contributed by atoms with Crippen molar-refractivity contribution in [3.63, 3.8) is 0 Å². The molecule has 2 atom stereocenters. The van der Waals surface area contributed by atoms with E-state index >= 15 is 0 Å². The summed E-state index contributed by atoms with van der Waals surface area (Å²) in [4.78, 5) is 10.8. The Morgan fingerprint density at radius 1 is 1.20 bits per heavy atom. The molecule has 1 heterocycles. The van der Waals surface area contributed by atoms with Crippen molar-refractivity contribution in [3.8, 4) is 0 Å². The van der Waals surface area contributed by atoms with Crippen molar-refractivity contribution in [1.82, 2.24) is 9.03 Å². The van der Waals surface area contributed by atoms with E-state index in [9.17, 15) is 18.3 Å². The Kier molecular flexibility index (Phi) is 5.00. The van der Waals surface area contributed by atoms with Gasteiger partial charge in [-0.1, -0.05) is 0 Å². The van der Waals surface area contributed by atoms with Gasteiger partial charge in [0.2, 0.25) is 0 Å². The molecule has 2 rings (SSSR count). The third-order valence-corrected chi connectivity index (χ3v) is 5.79. The zero-order chi connectivity index (χ0) is 14.8. The first-order valence-electron chi connectivity index (χ1n) is 7.04. The van der Waals surface area contributed by atoms with Crippen molar-refractivity contribution >= 4 is 16.2 Å². The molecule has 1 saturated heterocycles. The van der Waals surface area contributed by atoms with Crippen LogP contribution in [0, 0.1) is 11.8 Å². The lowest BCUT2D eigenvalue weighted by molar-refractivity contribution is -0.142. The number of aliphatic hydroxyl groups is 1. The molecule has 1 saturated carbocycles. The zero-order valence-corrected chi connectivity index (χ0v) is 12.2. The van der Waals surface area contributed by atoms with E-state index in [4.69, 9.17) is 5.11 Å². The van der Waals surface area contributed by atoms with Crippen LogP contribution < -0.4 is 4.72 Å². The summed E-state index contributed by atoms with van der Waals surface area (Å²) >= 11 is 0. The monoisotopic (exact) mass is 306 g/mol. The molecular formula is C12H22N2O5S. The van der Waals surface area contributed by atoms with E-state index in [0.29, 0.717) is 25.8 Å². The molecule has 8 heteroatoms. The minimum Gasteiger partial charge on any atom is -0.481 e. The molecule has 0 amide bonds. The first-order chi connectivity index (χ1) is 9.38. The highest BCUT2D eigenvalue weighted by atomic mass is 32.2. The van der Waals surface area contributed by atoms with Crippen molar-refractivity contribution in [2.45, 2.75) is 38.2 Å². The van der Waals surface area contributed by atoms with Gasteiger partial charge in [-0.2, -0.15) is 12.7 Å². The summed E-state index contributed by atoms with van der Waals surface area (Å²) in [6, 6.07) is 0. The van der Waals surface area contributed by atoms with E-state index < -0.39 is 22.1 Å². The molecule has 0 bridgehead atoms. The SMILES string of the molecule is O=C(O)C1CCN(S(=O)(=O)NCC2CCC(O)C2)CC1. The van der Waals surface area contributed by atoms with E-state index in [1.54, 1.807) is 0 Å². The number of hydrogen-bond acceptors (Lipinski definition) is 4. The van der Waals surface area contributed by atoms with Crippen molar-refractivity contribution in [1.29, 1.82) is 0 Å². The summed E-state index contributed by atoms with van der Waals surface area (Å²) < 4.78 is 28.1. The fourth-order valence-electron chi connectivity index (χ4n) is 2.89. The third-order valence-electron chi connectivity index (χ3n) is 4.21. The summed E-state index contributed by atoms with van der Waals surface area (Å²) in [5.74, 6) is -1.10. The van der Waals surface area contributed by atoms with Gasteiger partial charge in [0.25, 0.3) is 10.2 Å². The topological polar surface area (TPSA) is 107 Å². The van der Waals surface area contributed by atoms with Gasteiger partial charge in [0.1, 0.15) is 0 Å². The minimum atomic E-state index is -3.53. The van der Waals surface area contributed by atoms with E-state index in [2.05, 4.69) is 4.72 Å². The Hall–Kier alpha value is -0.700. The first kappa shape index (κ1) is 15.7. The van der Waals surface area contributed by atoms with Crippen LogP contribution in [0.3, 0.4) is 0 Å². The standard InChI is InChI=1S/C12H22N2O5S/c15-11-2-1-9(7-11)8-13-20(18,19)14-5-3-10(4-6-14)12(16)17/h9-11,13,15H,1-8H2,(H,16,17). The molecular weight excluding hydrogens is 284 g/mol. The van der Waals surface area contributed by atoms with Gasteiger partial charge in [-0.3, -0.25) is 4.79 Å². The number of piperidine rings is 1. The van der Waals surface area contributed by atoms with Gasteiger partial charge in [-0.25, -0.2) is 4.72 Å².